The van der Waals surface area contributed by atoms with Gasteiger partial charge in [0, 0.05) is 32.2 Å². The minimum atomic E-state index is -0.232. The van der Waals surface area contributed by atoms with Crippen LogP contribution in [0.15, 0.2) is 40.9 Å². The summed E-state index contributed by atoms with van der Waals surface area (Å²) in [7, 11) is 3.91. The summed E-state index contributed by atoms with van der Waals surface area (Å²) in [6, 6.07) is 11.7. The van der Waals surface area contributed by atoms with Gasteiger partial charge in [0.15, 0.2) is 5.76 Å². The Balaban J connectivity index is 1.60. The number of carbonyl (C=O) groups excluding carboxylic acids is 1. The van der Waals surface area contributed by atoms with Crippen LogP contribution in [-0.4, -0.2) is 66.0 Å². The van der Waals surface area contributed by atoms with Crippen molar-refractivity contribution in [2.75, 3.05) is 40.3 Å². The highest BCUT2D eigenvalue weighted by Crippen LogP contribution is 2.22. The lowest BCUT2D eigenvalue weighted by Gasteiger charge is -2.37. The van der Waals surface area contributed by atoms with Crippen LogP contribution < -0.4 is 0 Å². The molecule has 2 heterocycles. The van der Waals surface area contributed by atoms with Crippen molar-refractivity contribution in [2.45, 2.75) is 19.5 Å². The van der Waals surface area contributed by atoms with E-state index in [1.807, 2.05) is 67.2 Å². The average molecular weight is 342 g/mol. The van der Waals surface area contributed by atoms with Crippen LogP contribution in [-0.2, 0) is 11.3 Å². The van der Waals surface area contributed by atoms with Crippen LogP contribution in [0.5, 0.6) is 0 Å². The number of rotatable bonds is 5. The number of hydrogen-bond acceptors (Lipinski definition) is 5. The summed E-state index contributed by atoms with van der Waals surface area (Å²) in [5, 5.41) is 3.93. The number of piperazine rings is 1. The Hall–Kier alpha value is -2.18. The van der Waals surface area contributed by atoms with Gasteiger partial charge >= 0.3 is 0 Å². The molecule has 0 unspecified atom stereocenters. The van der Waals surface area contributed by atoms with Crippen molar-refractivity contribution in [3.63, 3.8) is 0 Å². The van der Waals surface area contributed by atoms with Gasteiger partial charge in [-0.2, -0.15) is 0 Å². The van der Waals surface area contributed by atoms with Crippen LogP contribution in [0.25, 0.3) is 0 Å². The van der Waals surface area contributed by atoms with E-state index in [4.69, 9.17) is 4.52 Å². The third-order valence-corrected chi connectivity index (χ3v) is 4.61. The van der Waals surface area contributed by atoms with E-state index in [0.29, 0.717) is 0 Å². The number of hydrogen-bond donors (Lipinski definition) is 0. The fourth-order valence-corrected chi connectivity index (χ4v) is 3.31. The van der Waals surface area contributed by atoms with Crippen LogP contribution in [0.4, 0.5) is 0 Å². The first-order valence-corrected chi connectivity index (χ1v) is 8.69. The molecular weight excluding hydrogens is 316 g/mol. The SMILES string of the molecule is Cc1cc(CN2CCN(C(=O)[C@@H](c3ccccc3)N(C)C)CC2)on1. The summed E-state index contributed by atoms with van der Waals surface area (Å²) in [6.07, 6.45) is 0. The van der Waals surface area contributed by atoms with Gasteiger partial charge in [-0.1, -0.05) is 35.5 Å². The van der Waals surface area contributed by atoms with E-state index in [1.165, 1.54) is 0 Å². The third-order valence-electron chi connectivity index (χ3n) is 4.61. The molecule has 1 aromatic heterocycles. The molecule has 2 aromatic rings. The van der Waals surface area contributed by atoms with Gasteiger partial charge < -0.3 is 9.42 Å². The second-order valence-electron chi connectivity index (χ2n) is 6.81. The topological polar surface area (TPSA) is 52.8 Å². The first-order chi connectivity index (χ1) is 12.0. The quantitative estimate of drug-likeness (QED) is 0.831. The maximum Gasteiger partial charge on any atom is 0.244 e. The highest BCUT2D eigenvalue weighted by Gasteiger charge is 2.30. The predicted octanol–water partition coefficient (Wildman–Crippen LogP) is 1.93. The smallest absolute Gasteiger partial charge is 0.244 e. The van der Waals surface area contributed by atoms with Gasteiger partial charge in [0.25, 0.3) is 0 Å². The summed E-state index contributed by atoms with van der Waals surface area (Å²) >= 11 is 0. The van der Waals surface area contributed by atoms with Gasteiger partial charge in [0.1, 0.15) is 6.04 Å². The van der Waals surface area contributed by atoms with Crippen LogP contribution in [0.1, 0.15) is 23.1 Å². The monoisotopic (exact) mass is 342 g/mol. The Morgan fingerprint density at radius 2 is 1.88 bits per heavy atom. The molecule has 1 fully saturated rings. The van der Waals surface area contributed by atoms with Gasteiger partial charge in [-0.15, -0.1) is 0 Å². The van der Waals surface area contributed by atoms with Crippen molar-refractivity contribution in [1.82, 2.24) is 19.9 Å². The number of likely N-dealkylation sites (N-methyl/N-ethyl adjacent to an activating group) is 1. The fraction of sp³-hybridized carbons (Fsp3) is 0.474. The molecule has 1 aliphatic heterocycles. The molecule has 0 spiro atoms. The van der Waals surface area contributed by atoms with Gasteiger partial charge in [0.05, 0.1) is 12.2 Å². The number of aryl methyl sites for hydroxylation is 1. The number of benzene rings is 1. The van der Waals surface area contributed by atoms with E-state index >= 15 is 0 Å². The van der Waals surface area contributed by atoms with Crippen LogP contribution >= 0.6 is 0 Å². The van der Waals surface area contributed by atoms with Crippen LogP contribution in [0.3, 0.4) is 0 Å². The largest absolute Gasteiger partial charge is 0.360 e. The summed E-state index contributed by atoms with van der Waals surface area (Å²) in [5.74, 6) is 1.05. The summed E-state index contributed by atoms with van der Waals surface area (Å²) < 4.78 is 5.29. The molecule has 0 radical (unpaired) electrons. The number of aromatic nitrogens is 1. The summed E-state index contributed by atoms with van der Waals surface area (Å²) in [6.45, 7) is 5.85. The van der Waals surface area contributed by atoms with Crippen LogP contribution in [0.2, 0.25) is 0 Å². The minimum Gasteiger partial charge on any atom is -0.360 e. The van der Waals surface area contributed by atoms with Gasteiger partial charge in [-0.25, -0.2) is 0 Å². The molecule has 0 saturated carbocycles. The van der Waals surface area contributed by atoms with Gasteiger partial charge in [0.2, 0.25) is 5.91 Å². The highest BCUT2D eigenvalue weighted by atomic mass is 16.5. The molecule has 6 nitrogen and oxygen atoms in total. The van der Waals surface area contributed by atoms with Crippen molar-refractivity contribution in [1.29, 1.82) is 0 Å². The maximum atomic E-state index is 13.0. The van der Waals surface area contributed by atoms with Crippen molar-refractivity contribution in [3.8, 4) is 0 Å². The first-order valence-electron chi connectivity index (χ1n) is 8.69. The molecular formula is C19H26N4O2. The van der Waals surface area contributed by atoms with Crippen molar-refractivity contribution in [3.05, 3.63) is 53.4 Å². The molecule has 1 aromatic carbocycles. The highest BCUT2D eigenvalue weighted by molar-refractivity contribution is 5.83. The minimum absolute atomic E-state index is 0.173. The van der Waals surface area contributed by atoms with E-state index in [-0.39, 0.29) is 11.9 Å². The molecule has 0 aliphatic carbocycles. The molecule has 3 rings (SSSR count). The summed E-state index contributed by atoms with van der Waals surface area (Å²) in [4.78, 5) is 19.3. The predicted molar refractivity (Wildman–Crippen MR) is 96.0 cm³/mol. The van der Waals surface area contributed by atoms with E-state index in [1.54, 1.807) is 0 Å². The Morgan fingerprint density at radius 3 is 2.44 bits per heavy atom. The molecule has 1 atom stereocenters. The molecule has 134 valence electrons. The van der Waals surface area contributed by atoms with Gasteiger partial charge in [-0.3, -0.25) is 14.6 Å². The average Bonchev–Trinajstić information content (AvgIpc) is 3.01. The fourth-order valence-electron chi connectivity index (χ4n) is 3.31. The molecule has 1 aliphatic rings. The van der Waals surface area contributed by atoms with Crippen molar-refractivity contribution < 1.29 is 9.32 Å². The zero-order chi connectivity index (χ0) is 17.8. The standard InChI is InChI=1S/C19H26N4O2/c1-15-13-17(25-20-15)14-22-9-11-23(12-10-22)19(24)18(21(2)3)16-7-5-4-6-8-16/h4-8,13,18H,9-12,14H2,1-3H3/t18-/m1/s1. The number of nitrogens with zero attached hydrogens (tertiary/aromatic N) is 4. The Kier molecular flexibility index (Phi) is 5.50. The molecule has 1 saturated heterocycles. The Morgan fingerprint density at radius 1 is 1.20 bits per heavy atom. The maximum absolute atomic E-state index is 13.0. The lowest BCUT2D eigenvalue weighted by atomic mass is 10.0. The van der Waals surface area contributed by atoms with E-state index in [9.17, 15) is 4.79 Å². The second kappa shape index (κ2) is 7.80. The van der Waals surface area contributed by atoms with E-state index in [0.717, 1.165) is 49.7 Å². The molecule has 25 heavy (non-hydrogen) atoms. The molecule has 0 N–H and O–H groups in total. The second-order valence-corrected chi connectivity index (χ2v) is 6.81. The Bertz CT molecular complexity index is 690. The first kappa shape index (κ1) is 17.6. The molecule has 6 heteroatoms. The van der Waals surface area contributed by atoms with Crippen LogP contribution in [0, 0.1) is 6.92 Å². The lowest BCUT2D eigenvalue weighted by Crippen LogP contribution is -2.51. The third kappa shape index (κ3) is 4.27. The Labute approximate surface area is 149 Å². The number of carbonyl (C=O) groups is 1. The zero-order valence-corrected chi connectivity index (χ0v) is 15.2. The molecule has 0 bridgehead atoms. The van der Waals surface area contributed by atoms with Crippen molar-refractivity contribution in [2.24, 2.45) is 0 Å². The zero-order valence-electron chi connectivity index (χ0n) is 15.2. The van der Waals surface area contributed by atoms with E-state index < -0.39 is 0 Å². The van der Waals surface area contributed by atoms with Crippen molar-refractivity contribution >= 4 is 5.91 Å². The normalized spacial score (nSPS) is 17.0. The summed E-state index contributed by atoms with van der Waals surface area (Å²) in [5.41, 5.74) is 1.94. The van der Waals surface area contributed by atoms with Gasteiger partial charge in [-0.05, 0) is 26.6 Å². The molecule has 1 amide bonds. The number of amides is 1. The van der Waals surface area contributed by atoms with E-state index in [2.05, 4.69) is 10.1 Å². The lowest BCUT2D eigenvalue weighted by molar-refractivity contribution is -0.138.